The van der Waals surface area contributed by atoms with E-state index in [1.165, 1.54) is 12.8 Å². The van der Waals surface area contributed by atoms with E-state index in [0.717, 1.165) is 54.2 Å². The fourth-order valence-electron chi connectivity index (χ4n) is 4.96. The third kappa shape index (κ3) is 4.02. The number of hydrogen-bond donors (Lipinski definition) is 0. The minimum absolute atomic E-state index is 0.112. The summed E-state index contributed by atoms with van der Waals surface area (Å²) in [6.45, 7) is 3.14. The zero-order valence-electron chi connectivity index (χ0n) is 19.0. The number of carbonyl (C=O) groups is 1. The lowest BCUT2D eigenvalue weighted by Crippen LogP contribution is -2.49. The number of benzene rings is 1. The van der Waals surface area contributed by atoms with E-state index in [-0.39, 0.29) is 5.91 Å². The van der Waals surface area contributed by atoms with Gasteiger partial charge in [0.15, 0.2) is 0 Å². The van der Waals surface area contributed by atoms with E-state index >= 15 is 0 Å². The van der Waals surface area contributed by atoms with Gasteiger partial charge in [-0.2, -0.15) is 4.98 Å². The molecule has 9 heteroatoms. The molecule has 4 aromatic rings. The maximum Gasteiger partial charge on any atom is 0.242 e. The summed E-state index contributed by atoms with van der Waals surface area (Å²) in [5, 5.41) is 4.16. The molecule has 6 rings (SSSR count). The van der Waals surface area contributed by atoms with Crippen molar-refractivity contribution in [2.24, 2.45) is 0 Å². The number of anilines is 1. The summed E-state index contributed by atoms with van der Waals surface area (Å²) >= 11 is 0. The molecule has 2 fully saturated rings. The molecular formula is C25H27N7O2. The number of hydrogen-bond acceptors (Lipinski definition) is 7. The molecule has 0 unspecified atom stereocenters. The largest absolute Gasteiger partial charge is 0.353 e. The highest BCUT2D eigenvalue weighted by molar-refractivity contribution is 5.80. The van der Waals surface area contributed by atoms with Gasteiger partial charge >= 0.3 is 0 Å². The Labute approximate surface area is 197 Å². The highest BCUT2D eigenvalue weighted by Crippen LogP contribution is 2.34. The fourth-order valence-corrected chi connectivity index (χ4v) is 4.96. The van der Waals surface area contributed by atoms with Crippen LogP contribution in [0.15, 0.2) is 53.4 Å². The van der Waals surface area contributed by atoms with Crippen LogP contribution in [0.1, 0.15) is 37.5 Å². The minimum atomic E-state index is 0.112. The average Bonchev–Trinajstić information content (AvgIpc) is 3.66. The molecule has 1 aliphatic carbocycles. The molecule has 0 spiro atoms. The van der Waals surface area contributed by atoms with Crippen molar-refractivity contribution in [1.29, 1.82) is 0 Å². The number of pyridine rings is 1. The van der Waals surface area contributed by atoms with Gasteiger partial charge in [0.25, 0.3) is 0 Å². The van der Waals surface area contributed by atoms with E-state index in [4.69, 9.17) is 4.52 Å². The number of piperazine rings is 1. The molecule has 0 bridgehead atoms. The van der Waals surface area contributed by atoms with Gasteiger partial charge in [-0.05, 0) is 37.1 Å². The summed E-state index contributed by atoms with van der Waals surface area (Å²) in [6, 6.07) is 11.9. The molecule has 9 nitrogen and oxygen atoms in total. The van der Waals surface area contributed by atoms with Crippen LogP contribution in [0.2, 0.25) is 0 Å². The Hall–Kier alpha value is -3.75. The van der Waals surface area contributed by atoms with Crippen LogP contribution in [0.4, 0.5) is 5.82 Å². The minimum Gasteiger partial charge on any atom is -0.353 e. The predicted molar refractivity (Wildman–Crippen MR) is 127 cm³/mol. The van der Waals surface area contributed by atoms with Crippen LogP contribution in [0.5, 0.6) is 0 Å². The molecule has 1 aliphatic heterocycles. The molecule has 34 heavy (non-hydrogen) atoms. The van der Waals surface area contributed by atoms with Gasteiger partial charge < -0.3 is 18.9 Å². The van der Waals surface area contributed by atoms with Gasteiger partial charge in [-0.1, -0.05) is 30.1 Å². The van der Waals surface area contributed by atoms with E-state index in [0.29, 0.717) is 31.4 Å². The van der Waals surface area contributed by atoms with Crippen LogP contribution >= 0.6 is 0 Å². The Morgan fingerprint density at radius 3 is 2.62 bits per heavy atom. The van der Waals surface area contributed by atoms with Gasteiger partial charge in [-0.3, -0.25) is 4.79 Å². The molecule has 0 N–H and O–H groups in total. The smallest absolute Gasteiger partial charge is 0.242 e. The first kappa shape index (κ1) is 20.8. The summed E-state index contributed by atoms with van der Waals surface area (Å²) in [7, 11) is 0. The van der Waals surface area contributed by atoms with E-state index < -0.39 is 0 Å². The van der Waals surface area contributed by atoms with Crippen LogP contribution in [0, 0.1) is 0 Å². The van der Waals surface area contributed by atoms with Gasteiger partial charge in [0.05, 0.1) is 17.4 Å². The summed E-state index contributed by atoms with van der Waals surface area (Å²) in [6.07, 6.45) is 8.28. The lowest BCUT2D eigenvalue weighted by molar-refractivity contribution is -0.132. The SMILES string of the molecule is O=C(Cn1cnc2ccccc21)N1CCN(c2ccc(-c3noc(C4CCCC4)n3)cn2)CC1. The number of imidazole rings is 1. The number of para-hydroxylation sites is 2. The second-order valence-corrected chi connectivity index (χ2v) is 9.07. The van der Waals surface area contributed by atoms with Crippen LogP contribution in [-0.2, 0) is 11.3 Å². The number of aromatic nitrogens is 5. The summed E-state index contributed by atoms with van der Waals surface area (Å²) < 4.78 is 7.42. The molecule has 1 aromatic carbocycles. The molecule has 1 saturated heterocycles. The van der Waals surface area contributed by atoms with Crippen molar-refractivity contribution in [3.05, 3.63) is 54.8 Å². The maximum atomic E-state index is 12.9. The second-order valence-electron chi connectivity index (χ2n) is 9.07. The summed E-state index contributed by atoms with van der Waals surface area (Å²) in [5.41, 5.74) is 2.75. The van der Waals surface area contributed by atoms with Crippen molar-refractivity contribution in [1.82, 2.24) is 29.6 Å². The highest BCUT2D eigenvalue weighted by Gasteiger charge is 2.24. The van der Waals surface area contributed by atoms with Crippen molar-refractivity contribution in [3.63, 3.8) is 0 Å². The fraction of sp³-hybridized carbons (Fsp3) is 0.400. The summed E-state index contributed by atoms with van der Waals surface area (Å²) in [5.74, 6) is 2.77. The van der Waals surface area contributed by atoms with Crippen molar-refractivity contribution in [2.75, 3.05) is 31.1 Å². The van der Waals surface area contributed by atoms with E-state index in [1.807, 2.05) is 45.9 Å². The molecule has 0 atom stereocenters. The number of nitrogens with zero attached hydrogens (tertiary/aromatic N) is 7. The number of carbonyl (C=O) groups excluding carboxylic acids is 1. The van der Waals surface area contributed by atoms with Crippen molar-refractivity contribution in [2.45, 2.75) is 38.1 Å². The van der Waals surface area contributed by atoms with E-state index in [9.17, 15) is 4.79 Å². The van der Waals surface area contributed by atoms with Crippen LogP contribution < -0.4 is 4.90 Å². The van der Waals surface area contributed by atoms with Gasteiger partial charge in [0.2, 0.25) is 17.6 Å². The Bertz CT molecular complexity index is 1280. The first-order chi connectivity index (χ1) is 16.7. The Morgan fingerprint density at radius 2 is 1.82 bits per heavy atom. The molecule has 1 amide bonds. The zero-order chi connectivity index (χ0) is 22.9. The monoisotopic (exact) mass is 457 g/mol. The molecule has 0 radical (unpaired) electrons. The molecular weight excluding hydrogens is 430 g/mol. The van der Waals surface area contributed by atoms with Gasteiger partial charge in [0, 0.05) is 43.9 Å². The van der Waals surface area contributed by atoms with Crippen LogP contribution in [0.25, 0.3) is 22.4 Å². The second kappa shape index (κ2) is 8.89. The maximum absolute atomic E-state index is 12.9. The molecule has 3 aromatic heterocycles. The molecule has 174 valence electrons. The normalized spacial score (nSPS) is 17.1. The number of rotatable bonds is 5. The average molecular weight is 458 g/mol. The third-order valence-corrected chi connectivity index (χ3v) is 6.94. The Kier molecular flexibility index (Phi) is 5.44. The van der Waals surface area contributed by atoms with Crippen molar-refractivity contribution >= 4 is 22.8 Å². The van der Waals surface area contributed by atoms with Gasteiger partial charge in [0.1, 0.15) is 12.4 Å². The predicted octanol–water partition coefficient (Wildman–Crippen LogP) is 3.49. The van der Waals surface area contributed by atoms with Gasteiger partial charge in [-0.25, -0.2) is 9.97 Å². The summed E-state index contributed by atoms with van der Waals surface area (Å²) in [4.78, 5) is 30.6. The van der Waals surface area contributed by atoms with Crippen molar-refractivity contribution < 1.29 is 9.32 Å². The van der Waals surface area contributed by atoms with E-state index in [2.05, 4.69) is 25.0 Å². The lowest BCUT2D eigenvalue weighted by atomic mass is 10.1. The van der Waals surface area contributed by atoms with Crippen LogP contribution in [0.3, 0.4) is 0 Å². The lowest BCUT2D eigenvalue weighted by Gasteiger charge is -2.35. The number of fused-ring (bicyclic) bond motifs is 1. The van der Waals surface area contributed by atoms with Gasteiger partial charge in [-0.15, -0.1) is 0 Å². The first-order valence-corrected chi connectivity index (χ1v) is 12.0. The van der Waals surface area contributed by atoms with E-state index in [1.54, 1.807) is 12.5 Å². The number of amides is 1. The highest BCUT2D eigenvalue weighted by atomic mass is 16.5. The zero-order valence-corrected chi connectivity index (χ0v) is 19.0. The quantitative estimate of drug-likeness (QED) is 0.453. The molecule has 1 saturated carbocycles. The Morgan fingerprint density at radius 1 is 1.00 bits per heavy atom. The molecule has 4 heterocycles. The third-order valence-electron chi connectivity index (χ3n) is 6.94. The topological polar surface area (TPSA) is 93.2 Å². The standard InChI is InChI=1S/C25H27N7O2/c33-23(16-32-17-27-20-7-3-4-8-21(20)32)31-13-11-30(12-14-31)22-10-9-19(15-26-22)24-28-25(34-29-24)18-5-1-2-6-18/h3-4,7-10,15,17-18H,1-2,5-6,11-14,16H2. The Balaban J connectivity index is 1.06. The van der Waals surface area contributed by atoms with Crippen LogP contribution in [-0.4, -0.2) is 61.7 Å². The molecule has 2 aliphatic rings. The van der Waals surface area contributed by atoms with Crippen molar-refractivity contribution in [3.8, 4) is 11.4 Å². The first-order valence-electron chi connectivity index (χ1n) is 12.0.